The first-order valence-corrected chi connectivity index (χ1v) is 10.2. The summed E-state index contributed by atoms with van der Waals surface area (Å²) in [5, 5.41) is 8.38. The lowest BCUT2D eigenvalue weighted by Crippen LogP contribution is -2.63. The highest BCUT2D eigenvalue weighted by Gasteiger charge is 2.45. The van der Waals surface area contributed by atoms with E-state index in [-0.39, 0.29) is 24.3 Å². The average Bonchev–Trinajstić information content (AvgIpc) is 3.37. The summed E-state index contributed by atoms with van der Waals surface area (Å²) in [4.78, 5) is 40.5. The van der Waals surface area contributed by atoms with Gasteiger partial charge in [0, 0.05) is 22.8 Å². The van der Waals surface area contributed by atoms with E-state index in [0.29, 0.717) is 18.8 Å². The van der Waals surface area contributed by atoms with E-state index in [2.05, 4.69) is 10.6 Å². The lowest BCUT2D eigenvalue weighted by molar-refractivity contribution is -0.134. The Balaban J connectivity index is 1.47. The van der Waals surface area contributed by atoms with Gasteiger partial charge >= 0.3 is 0 Å². The number of hydrogen-bond donors (Lipinski definition) is 2. The number of thiophene rings is 1. The van der Waals surface area contributed by atoms with Gasteiger partial charge in [-0.2, -0.15) is 0 Å². The number of likely N-dealkylation sites (N-methyl/N-ethyl adjacent to an activating group) is 1. The largest absolute Gasteiger partial charge is 0.350 e. The average molecular weight is 410 g/mol. The van der Waals surface area contributed by atoms with Gasteiger partial charge in [-0.15, -0.1) is 11.3 Å². The molecule has 0 saturated heterocycles. The van der Waals surface area contributed by atoms with Crippen LogP contribution in [-0.4, -0.2) is 46.3 Å². The second-order valence-electron chi connectivity index (χ2n) is 7.35. The molecular weight excluding hydrogens is 388 g/mol. The Labute approximate surface area is 172 Å². The predicted octanol–water partition coefficient (Wildman–Crippen LogP) is 1.98. The Morgan fingerprint density at radius 1 is 1.17 bits per heavy atom. The van der Waals surface area contributed by atoms with Crippen molar-refractivity contribution in [3.63, 3.8) is 0 Å². The summed E-state index contributed by atoms with van der Waals surface area (Å²) < 4.78 is 1.88. The third-order valence-corrected chi connectivity index (χ3v) is 6.36. The lowest BCUT2D eigenvalue weighted by Gasteiger charge is -2.41. The predicted molar refractivity (Wildman–Crippen MR) is 112 cm³/mol. The van der Waals surface area contributed by atoms with Crippen molar-refractivity contribution in [2.75, 3.05) is 13.6 Å². The quantitative estimate of drug-likeness (QED) is 0.675. The van der Waals surface area contributed by atoms with E-state index in [1.807, 2.05) is 52.4 Å². The standard InChI is InChI=1S/C21H22N4O3S/c1-21(20(28)23-12-18(26)22-11-15-7-5-9-29-15)13-25-16-8-4-3-6-14(16)10-17(25)19(27)24(21)2/h3-10H,11-13H2,1-2H3,(H,22,26)(H,23,28)/t21-/m1/s1. The molecule has 0 radical (unpaired) electrons. The highest BCUT2D eigenvalue weighted by molar-refractivity contribution is 7.09. The zero-order valence-corrected chi connectivity index (χ0v) is 17.1. The maximum Gasteiger partial charge on any atom is 0.271 e. The molecule has 2 N–H and O–H groups in total. The number of benzene rings is 1. The van der Waals surface area contributed by atoms with Crippen LogP contribution >= 0.6 is 11.3 Å². The van der Waals surface area contributed by atoms with Gasteiger partial charge in [0.1, 0.15) is 11.2 Å². The fourth-order valence-corrected chi connectivity index (χ4v) is 4.25. The van der Waals surface area contributed by atoms with Gasteiger partial charge < -0.3 is 20.1 Å². The third kappa shape index (κ3) is 3.40. The van der Waals surface area contributed by atoms with Crippen molar-refractivity contribution >= 4 is 40.0 Å². The summed E-state index contributed by atoms with van der Waals surface area (Å²) >= 11 is 1.56. The number of para-hydroxylation sites is 1. The van der Waals surface area contributed by atoms with Crippen LogP contribution in [-0.2, 0) is 22.7 Å². The molecule has 0 saturated carbocycles. The molecule has 0 spiro atoms. The van der Waals surface area contributed by atoms with Crippen molar-refractivity contribution < 1.29 is 14.4 Å². The van der Waals surface area contributed by atoms with Crippen molar-refractivity contribution in [2.24, 2.45) is 0 Å². The van der Waals surface area contributed by atoms with Crippen LogP contribution in [0.25, 0.3) is 10.9 Å². The normalized spacial score (nSPS) is 18.6. The summed E-state index contributed by atoms with van der Waals surface area (Å²) in [6.07, 6.45) is 0. The molecule has 0 aliphatic carbocycles. The molecule has 2 aromatic heterocycles. The molecule has 3 aromatic rings. The Hall–Kier alpha value is -3.13. The molecule has 0 fully saturated rings. The zero-order chi connectivity index (χ0) is 20.6. The number of carbonyl (C=O) groups is 3. The van der Waals surface area contributed by atoms with E-state index < -0.39 is 5.54 Å². The number of fused-ring (bicyclic) bond motifs is 3. The van der Waals surface area contributed by atoms with Crippen molar-refractivity contribution in [3.8, 4) is 0 Å². The molecule has 3 amide bonds. The first-order valence-electron chi connectivity index (χ1n) is 9.34. The van der Waals surface area contributed by atoms with Gasteiger partial charge in [0.05, 0.1) is 19.6 Å². The molecule has 0 bridgehead atoms. The maximum absolute atomic E-state index is 13.0. The number of carbonyl (C=O) groups excluding carboxylic acids is 3. The van der Waals surface area contributed by atoms with E-state index in [1.165, 1.54) is 4.90 Å². The first-order chi connectivity index (χ1) is 13.9. The van der Waals surface area contributed by atoms with E-state index >= 15 is 0 Å². The van der Waals surface area contributed by atoms with E-state index in [4.69, 9.17) is 0 Å². The van der Waals surface area contributed by atoms with Gasteiger partial charge in [0.2, 0.25) is 11.8 Å². The molecule has 150 valence electrons. The monoisotopic (exact) mass is 410 g/mol. The summed E-state index contributed by atoms with van der Waals surface area (Å²) in [5.74, 6) is -0.845. The molecule has 3 heterocycles. The van der Waals surface area contributed by atoms with Crippen molar-refractivity contribution in [1.82, 2.24) is 20.1 Å². The van der Waals surface area contributed by atoms with Crippen LogP contribution < -0.4 is 10.6 Å². The molecule has 1 atom stereocenters. The number of rotatable bonds is 5. The smallest absolute Gasteiger partial charge is 0.271 e. The molecule has 7 nitrogen and oxygen atoms in total. The van der Waals surface area contributed by atoms with Gasteiger partial charge in [-0.25, -0.2) is 0 Å². The molecule has 1 aliphatic rings. The number of aromatic nitrogens is 1. The summed E-state index contributed by atoms with van der Waals surface area (Å²) in [7, 11) is 1.62. The summed E-state index contributed by atoms with van der Waals surface area (Å²) in [5.41, 5.74) is 0.379. The molecule has 8 heteroatoms. The minimum atomic E-state index is -1.10. The third-order valence-electron chi connectivity index (χ3n) is 5.48. The number of nitrogens with one attached hydrogen (secondary N) is 2. The molecule has 0 unspecified atom stereocenters. The minimum Gasteiger partial charge on any atom is -0.350 e. The Kier molecular flexibility index (Phi) is 4.87. The van der Waals surface area contributed by atoms with E-state index in [9.17, 15) is 14.4 Å². The Bertz CT molecular complexity index is 1090. The van der Waals surface area contributed by atoms with Crippen molar-refractivity contribution in [3.05, 3.63) is 58.4 Å². The van der Waals surface area contributed by atoms with Crippen molar-refractivity contribution in [1.29, 1.82) is 0 Å². The van der Waals surface area contributed by atoms with Gasteiger partial charge in [-0.1, -0.05) is 24.3 Å². The highest BCUT2D eigenvalue weighted by Crippen LogP contribution is 2.31. The van der Waals surface area contributed by atoms with Gasteiger partial charge in [-0.3, -0.25) is 14.4 Å². The van der Waals surface area contributed by atoms with Gasteiger partial charge in [0.25, 0.3) is 5.91 Å². The van der Waals surface area contributed by atoms with Crippen LogP contribution in [0, 0.1) is 0 Å². The van der Waals surface area contributed by atoms with Gasteiger partial charge in [0.15, 0.2) is 0 Å². The second kappa shape index (κ2) is 7.36. The lowest BCUT2D eigenvalue weighted by atomic mass is 9.95. The minimum absolute atomic E-state index is 0.138. The molecule has 4 rings (SSSR count). The fourth-order valence-electron chi connectivity index (χ4n) is 3.60. The number of amides is 3. The van der Waals surface area contributed by atoms with Crippen LogP contribution in [0.2, 0.25) is 0 Å². The number of hydrogen-bond acceptors (Lipinski definition) is 4. The molecular formula is C21H22N4O3S. The van der Waals surface area contributed by atoms with Crippen LogP contribution in [0.1, 0.15) is 22.3 Å². The van der Waals surface area contributed by atoms with Gasteiger partial charge in [-0.05, 0) is 30.5 Å². The van der Waals surface area contributed by atoms with Crippen LogP contribution in [0.5, 0.6) is 0 Å². The maximum atomic E-state index is 13.0. The van der Waals surface area contributed by atoms with Crippen LogP contribution in [0.3, 0.4) is 0 Å². The Morgan fingerprint density at radius 3 is 2.72 bits per heavy atom. The SMILES string of the molecule is CN1C(=O)c2cc3ccccc3n2C[C@]1(C)C(=O)NCC(=O)NCc1cccs1. The Morgan fingerprint density at radius 2 is 1.97 bits per heavy atom. The fraction of sp³-hybridized carbons (Fsp3) is 0.286. The second-order valence-corrected chi connectivity index (χ2v) is 8.38. The van der Waals surface area contributed by atoms with Crippen LogP contribution in [0.4, 0.5) is 0 Å². The first kappa shape index (κ1) is 19.2. The number of nitrogens with zero attached hydrogens (tertiary/aromatic N) is 2. The summed E-state index contributed by atoms with van der Waals surface area (Å²) in [6, 6.07) is 13.4. The molecule has 1 aliphatic heterocycles. The van der Waals surface area contributed by atoms with E-state index in [1.54, 1.807) is 25.3 Å². The van der Waals surface area contributed by atoms with Crippen LogP contribution in [0.15, 0.2) is 47.8 Å². The van der Waals surface area contributed by atoms with Crippen molar-refractivity contribution in [2.45, 2.75) is 25.6 Å². The zero-order valence-electron chi connectivity index (χ0n) is 16.3. The topological polar surface area (TPSA) is 83.4 Å². The summed E-state index contributed by atoms with van der Waals surface area (Å²) in [6.45, 7) is 2.34. The van der Waals surface area contributed by atoms with E-state index in [0.717, 1.165) is 15.8 Å². The highest BCUT2D eigenvalue weighted by atomic mass is 32.1. The molecule has 1 aromatic carbocycles. The molecule has 29 heavy (non-hydrogen) atoms.